The summed E-state index contributed by atoms with van der Waals surface area (Å²) in [6.45, 7) is 1.07. The molecule has 148 valence electrons. The molecule has 1 heterocycles. The van der Waals surface area contributed by atoms with Gasteiger partial charge in [0.25, 0.3) is 5.91 Å². The Morgan fingerprint density at radius 3 is 2.48 bits per heavy atom. The third-order valence-corrected chi connectivity index (χ3v) is 4.38. The third kappa shape index (κ3) is 5.62. The van der Waals surface area contributed by atoms with Crippen molar-refractivity contribution in [1.82, 2.24) is 25.2 Å². The molecule has 0 aliphatic carbocycles. The van der Waals surface area contributed by atoms with E-state index in [1.807, 2.05) is 42.5 Å². The molecule has 0 atom stereocenters. The molecule has 7 heteroatoms. The van der Waals surface area contributed by atoms with Crippen LogP contribution in [-0.2, 0) is 17.9 Å². The Bertz CT molecular complexity index is 994. The number of carbonyl (C=O) groups is 2. The van der Waals surface area contributed by atoms with Gasteiger partial charge in [0.05, 0.1) is 12.7 Å². The number of nitrogens with one attached hydrogen (secondary N) is 1. The number of likely N-dealkylation sites (N-methyl/N-ethyl adjacent to an activating group) is 1. The molecular formula is C22H23N5O2. The Balaban J connectivity index is 1.55. The summed E-state index contributed by atoms with van der Waals surface area (Å²) in [6, 6.07) is 17.1. The van der Waals surface area contributed by atoms with E-state index in [1.54, 1.807) is 48.1 Å². The van der Waals surface area contributed by atoms with Crippen molar-refractivity contribution in [3.8, 4) is 0 Å². The van der Waals surface area contributed by atoms with Crippen molar-refractivity contribution in [2.75, 3.05) is 14.1 Å². The monoisotopic (exact) mass is 389 g/mol. The molecule has 0 saturated heterocycles. The summed E-state index contributed by atoms with van der Waals surface area (Å²) >= 11 is 0. The van der Waals surface area contributed by atoms with Gasteiger partial charge in [0, 0.05) is 32.3 Å². The maximum Gasteiger partial charge on any atom is 0.251 e. The Morgan fingerprint density at radius 2 is 1.79 bits per heavy atom. The van der Waals surface area contributed by atoms with Crippen LogP contribution >= 0.6 is 0 Å². The minimum absolute atomic E-state index is 0.135. The lowest BCUT2D eigenvalue weighted by molar-refractivity contribution is -0.125. The lowest BCUT2D eigenvalue weighted by Crippen LogP contribution is -2.24. The van der Waals surface area contributed by atoms with Gasteiger partial charge in [0.1, 0.15) is 5.69 Å². The van der Waals surface area contributed by atoms with Crippen LogP contribution in [0, 0.1) is 0 Å². The topological polar surface area (TPSA) is 80.1 Å². The zero-order chi connectivity index (χ0) is 20.6. The van der Waals surface area contributed by atoms with Crippen LogP contribution in [-0.4, -0.2) is 45.8 Å². The average Bonchev–Trinajstić information content (AvgIpc) is 3.20. The number of rotatable bonds is 7. The molecular weight excluding hydrogens is 366 g/mol. The molecule has 2 aromatic carbocycles. The first-order chi connectivity index (χ1) is 14.0. The standard InChI is InChI=1S/C22H23N5O2/c1-23-22(29)19-10-8-18(9-11-19)14-26(2)21(28)13-12-20-16-27(25-24-20)15-17-6-4-3-5-7-17/h3-13,16H,14-15H2,1-2H3,(H,23,29)/b13-12+. The molecule has 0 spiro atoms. The normalized spacial score (nSPS) is 10.8. The maximum absolute atomic E-state index is 12.4. The van der Waals surface area contributed by atoms with Gasteiger partial charge in [-0.25, -0.2) is 4.68 Å². The number of aromatic nitrogens is 3. The SMILES string of the molecule is CNC(=O)c1ccc(CN(C)C(=O)/C=C/c2cn(Cc3ccccc3)nn2)cc1. The molecule has 0 aliphatic rings. The smallest absolute Gasteiger partial charge is 0.251 e. The Morgan fingerprint density at radius 1 is 1.07 bits per heavy atom. The van der Waals surface area contributed by atoms with E-state index in [-0.39, 0.29) is 11.8 Å². The molecule has 0 fully saturated rings. The molecule has 0 aliphatic heterocycles. The van der Waals surface area contributed by atoms with Crippen molar-refractivity contribution in [3.05, 3.63) is 89.3 Å². The van der Waals surface area contributed by atoms with Gasteiger partial charge in [-0.1, -0.05) is 47.7 Å². The van der Waals surface area contributed by atoms with Gasteiger partial charge in [-0.15, -0.1) is 5.10 Å². The van der Waals surface area contributed by atoms with Crippen molar-refractivity contribution >= 4 is 17.9 Å². The quantitative estimate of drug-likeness (QED) is 0.629. The summed E-state index contributed by atoms with van der Waals surface area (Å²) < 4.78 is 1.73. The molecule has 0 bridgehead atoms. The van der Waals surface area contributed by atoms with Gasteiger partial charge < -0.3 is 10.2 Å². The molecule has 0 unspecified atom stereocenters. The molecule has 7 nitrogen and oxygen atoms in total. The van der Waals surface area contributed by atoms with Crippen LogP contribution in [0.3, 0.4) is 0 Å². The fraction of sp³-hybridized carbons (Fsp3) is 0.182. The summed E-state index contributed by atoms with van der Waals surface area (Å²) in [4.78, 5) is 25.5. The van der Waals surface area contributed by atoms with E-state index in [4.69, 9.17) is 0 Å². The molecule has 3 aromatic rings. The van der Waals surface area contributed by atoms with Crippen LogP contribution in [0.5, 0.6) is 0 Å². The van der Waals surface area contributed by atoms with Crippen LogP contribution in [0.25, 0.3) is 6.08 Å². The van der Waals surface area contributed by atoms with E-state index >= 15 is 0 Å². The van der Waals surface area contributed by atoms with Crippen LogP contribution in [0.15, 0.2) is 66.9 Å². The zero-order valence-electron chi connectivity index (χ0n) is 16.4. The third-order valence-electron chi connectivity index (χ3n) is 4.38. The fourth-order valence-corrected chi connectivity index (χ4v) is 2.78. The van der Waals surface area contributed by atoms with E-state index in [0.29, 0.717) is 24.3 Å². The van der Waals surface area contributed by atoms with Gasteiger partial charge in [0.15, 0.2) is 0 Å². The number of carbonyl (C=O) groups excluding carboxylic acids is 2. The minimum atomic E-state index is -0.141. The van der Waals surface area contributed by atoms with Gasteiger partial charge >= 0.3 is 0 Å². The largest absolute Gasteiger partial charge is 0.355 e. The van der Waals surface area contributed by atoms with E-state index < -0.39 is 0 Å². The Kier molecular flexibility index (Phi) is 6.52. The predicted molar refractivity (Wildman–Crippen MR) is 111 cm³/mol. The Hall–Kier alpha value is -3.74. The summed E-state index contributed by atoms with van der Waals surface area (Å²) in [5.41, 5.74) is 3.28. The summed E-state index contributed by atoms with van der Waals surface area (Å²) in [5.74, 6) is -0.276. The second-order valence-corrected chi connectivity index (χ2v) is 6.63. The van der Waals surface area contributed by atoms with Crippen molar-refractivity contribution in [2.45, 2.75) is 13.1 Å². The molecule has 2 amide bonds. The van der Waals surface area contributed by atoms with Gasteiger partial charge in [-0.2, -0.15) is 0 Å². The average molecular weight is 389 g/mol. The molecule has 1 aromatic heterocycles. The molecule has 1 N–H and O–H groups in total. The molecule has 0 saturated carbocycles. The van der Waals surface area contributed by atoms with E-state index in [2.05, 4.69) is 15.6 Å². The fourth-order valence-electron chi connectivity index (χ4n) is 2.78. The van der Waals surface area contributed by atoms with E-state index in [1.165, 1.54) is 6.08 Å². The molecule has 0 radical (unpaired) electrons. The van der Waals surface area contributed by atoms with E-state index in [9.17, 15) is 9.59 Å². The summed E-state index contributed by atoms with van der Waals surface area (Å²) in [7, 11) is 3.32. The lowest BCUT2D eigenvalue weighted by Gasteiger charge is -2.15. The first-order valence-electron chi connectivity index (χ1n) is 9.23. The van der Waals surface area contributed by atoms with Gasteiger partial charge in [0.2, 0.25) is 5.91 Å². The highest BCUT2D eigenvalue weighted by Gasteiger charge is 2.08. The molecule has 29 heavy (non-hydrogen) atoms. The summed E-state index contributed by atoms with van der Waals surface area (Å²) in [5, 5.41) is 10.8. The van der Waals surface area contributed by atoms with Crippen LogP contribution in [0.2, 0.25) is 0 Å². The van der Waals surface area contributed by atoms with Crippen molar-refractivity contribution in [1.29, 1.82) is 0 Å². The first kappa shape index (κ1) is 20.0. The minimum Gasteiger partial charge on any atom is -0.355 e. The number of nitrogens with zero attached hydrogens (tertiary/aromatic N) is 4. The van der Waals surface area contributed by atoms with Gasteiger partial charge in [-0.05, 0) is 29.3 Å². The lowest BCUT2D eigenvalue weighted by atomic mass is 10.1. The number of hydrogen-bond donors (Lipinski definition) is 1. The Labute approximate surface area is 169 Å². The number of amides is 2. The first-order valence-corrected chi connectivity index (χ1v) is 9.23. The van der Waals surface area contributed by atoms with Crippen LogP contribution in [0.1, 0.15) is 27.2 Å². The van der Waals surface area contributed by atoms with Crippen molar-refractivity contribution < 1.29 is 9.59 Å². The van der Waals surface area contributed by atoms with Crippen molar-refractivity contribution in [2.24, 2.45) is 0 Å². The van der Waals surface area contributed by atoms with Crippen LogP contribution in [0.4, 0.5) is 0 Å². The van der Waals surface area contributed by atoms with Gasteiger partial charge in [-0.3, -0.25) is 9.59 Å². The zero-order valence-corrected chi connectivity index (χ0v) is 16.4. The predicted octanol–water partition coefficient (Wildman–Crippen LogP) is 2.36. The molecule has 3 rings (SSSR count). The van der Waals surface area contributed by atoms with E-state index in [0.717, 1.165) is 11.1 Å². The number of hydrogen-bond acceptors (Lipinski definition) is 4. The van der Waals surface area contributed by atoms with Crippen LogP contribution < -0.4 is 5.32 Å². The highest BCUT2D eigenvalue weighted by molar-refractivity contribution is 5.94. The number of benzene rings is 2. The highest BCUT2D eigenvalue weighted by Crippen LogP contribution is 2.08. The van der Waals surface area contributed by atoms with Crippen molar-refractivity contribution in [3.63, 3.8) is 0 Å². The highest BCUT2D eigenvalue weighted by atomic mass is 16.2. The maximum atomic E-state index is 12.4. The summed E-state index contributed by atoms with van der Waals surface area (Å²) in [6.07, 6.45) is 4.94. The second kappa shape index (κ2) is 9.45. The second-order valence-electron chi connectivity index (χ2n) is 6.63.